The van der Waals surface area contributed by atoms with Gasteiger partial charge in [0.05, 0.1) is 6.42 Å². The average molecular weight is 347 g/mol. The molecule has 3 aromatic rings. The van der Waals surface area contributed by atoms with Gasteiger partial charge in [-0.3, -0.25) is 4.79 Å². The molecule has 0 atom stereocenters. The molecule has 0 radical (unpaired) electrons. The highest BCUT2D eigenvalue weighted by Crippen LogP contribution is 2.17. The predicted molar refractivity (Wildman–Crippen MR) is 100 cm³/mol. The first-order chi connectivity index (χ1) is 12.7. The Morgan fingerprint density at radius 2 is 1.88 bits per heavy atom. The maximum absolute atomic E-state index is 12.6. The SMILES string of the molecule is C=CCN(Cc1nc(-c2ccc(C)cc2)no1)C(=O)Cc1ccccc1. The van der Waals surface area contributed by atoms with Gasteiger partial charge in [-0.15, -0.1) is 6.58 Å². The third-order valence-electron chi connectivity index (χ3n) is 4.00. The third-order valence-corrected chi connectivity index (χ3v) is 4.00. The van der Waals surface area contributed by atoms with E-state index < -0.39 is 0 Å². The quantitative estimate of drug-likeness (QED) is 0.610. The van der Waals surface area contributed by atoms with Crippen molar-refractivity contribution in [1.82, 2.24) is 15.0 Å². The second-order valence-corrected chi connectivity index (χ2v) is 6.10. The van der Waals surface area contributed by atoms with E-state index in [2.05, 4.69) is 16.7 Å². The molecule has 0 saturated carbocycles. The highest BCUT2D eigenvalue weighted by Gasteiger charge is 2.17. The zero-order valence-corrected chi connectivity index (χ0v) is 14.8. The van der Waals surface area contributed by atoms with Crippen LogP contribution in [-0.2, 0) is 17.8 Å². The van der Waals surface area contributed by atoms with Gasteiger partial charge < -0.3 is 9.42 Å². The Bertz CT molecular complexity index is 870. The molecule has 3 rings (SSSR count). The van der Waals surface area contributed by atoms with Crippen LogP contribution in [0.2, 0.25) is 0 Å². The molecule has 1 aromatic heterocycles. The Kier molecular flexibility index (Phi) is 5.59. The van der Waals surface area contributed by atoms with E-state index in [1.54, 1.807) is 11.0 Å². The summed E-state index contributed by atoms with van der Waals surface area (Å²) in [5.41, 5.74) is 3.02. The van der Waals surface area contributed by atoms with Crippen molar-refractivity contribution >= 4 is 5.91 Å². The Morgan fingerprint density at radius 1 is 1.15 bits per heavy atom. The smallest absolute Gasteiger partial charge is 0.246 e. The van der Waals surface area contributed by atoms with Crippen LogP contribution in [-0.4, -0.2) is 27.5 Å². The summed E-state index contributed by atoms with van der Waals surface area (Å²) in [5, 5.41) is 4.02. The van der Waals surface area contributed by atoms with Gasteiger partial charge in [-0.2, -0.15) is 4.98 Å². The summed E-state index contributed by atoms with van der Waals surface area (Å²) < 4.78 is 5.34. The Balaban J connectivity index is 1.71. The predicted octanol–water partition coefficient (Wildman–Crippen LogP) is 3.80. The molecule has 26 heavy (non-hydrogen) atoms. The van der Waals surface area contributed by atoms with E-state index in [1.165, 1.54) is 5.56 Å². The molecule has 0 spiro atoms. The molecule has 0 bridgehead atoms. The summed E-state index contributed by atoms with van der Waals surface area (Å²) in [4.78, 5) is 18.7. The van der Waals surface area contributed by atoms with Crippen molar-refractivity contribution in [3.63, 3.8) is 0 Å². The summed E-state index contributed by atoms with van der Waals surface area (Å²) in [6.45, 7) is 6.44. The summed E-state index contributed by atoms with van der Waals surface area (Å²) >= 11 is 0. The fourth-order valence-electron chi connectivity index (χ4n) is 2.59. The van der Waals surface area contributed by atoms with Gasteiger partial charge in [0.2, 0.25) is 17.6 Å². The van der Waals surface area contributed by atoms with Gasteiger partial charge in [0.1, 0.15) is 6.54 Å². The largest absolute Gasteiger partial charge is 0.337 e. The number of carbonyl (C=O) groups excluding carboxylic acids is 1. The minimum absolute atomic E-state index is 0.00816. The van der Waals surface area contributed by atoms with Crippen LogP contribution in [0.4, 0.5) is 0 Å². The van der Waals surface area contributed by atoms with Crippen molar-refractivity contribution < 1.29 is 9.32 Å². The average Bonchev–Trinajstić information content (AvgIpc) is 3.11. The minimum atomic E-state index is -0.00816. The van der Waals surface area contributed by atoms with Crippen molar-refractivity contribution in [1.29, 1.82) is 0 Å². The van der Waals surface area contributed by atoms with Gasteiger partial charge >= 0.3 is 0 Å². The Labute approximate surface area is 153 Å². The van der Waals surface area contributed by atoms with Gasteiger partial charge in [-0.1, -0.05) is 71.4 Å². The summed E-state index contributed by atoms with van der Waals surface area (Å²) in [6.07, 6.45) is 2.02. The number of aryl methyl sites for hydroxylation is 1. The van der Waals surface area contributed by atoms with Gasteiger partial charge in [0.25, 0.3) is 0 Å². The monoisotopic (exact) mass is 347 g/mol. The van der Waals surface area contributed by atoms with Gasteiger partial charge in [-0.05, 0) is 12.5 Å². The first kappa shape index (κ1) is 17.6. The molecule has 1 amide bonds. The third kappa shape index (κ3) is 4.45. The highest BCUT2D eigenvalue weighted by atomic mass is 16.5. The van der Waals surface area contributed by atoms with Gasteiger partial charge in [0, 0.05) is 12.1 Å². The molecule has 0 aliphatic carbocycles. The minimum Gasteiger partial charge on any atom is -0.337 e. The molecule has 0 N–H and O–H groups in total. The topological polar surface area (TPSA) is 59.2 Å². The van der Waals surface area contributed by atoms with Crippen molar-refractivity contribution in [3.05, 3.63) is 84.3 Å². The van der Waals surface area contributed by atoms with Gasteiger partial charge in [-0.25, -0.2) is 0 Å². The lowest BCUT2D eigenvalue weighted by atomic mass is 10.1. The lowest BCUT2D eigenvalue weighted by Gasteiger charge is -2.19. The molecule has 0 aliphatic rings. The van der Waals surface area contributed by atoms with E-state index in [4.69, 9.17) is 4.52 Å². The van der Waals surface area contributed by atoms with E-state index in [1.807, 2.05) is 61.5 Å². The van der Waals surface area contributed by atoms with Crippen molar-refractivity contribution in [3.8, 4) is 11.4 Å². The van der Waals surface area contributed by atoms with Crippen LogP contribution in [0.3, 0.4) is 0 Å². The Hall–Kier alpha value is -3.21. The number of hydrogen-bond donors (Lipinski definition) is 0. The van der Waals surface area contributed by atoms with Crippen molar-refractivity contribution in [2.24, 2.45) is 0 Å². The lowest BCUT2D eigenvalue weighted by molar-refractivity contribution is -0.130. The first-order valence-corrected chi connectivity index (χ1v) is 8.48. The molecule has 5 nitrogen and oxygen atoms in total. The van der Waals surface area contributed by atoms with Crippen LogP contribution in [0.25, 0.3) is 11.4 Å². The summed E-state index contributed by atoms with van der Waals surface area (Å²) in [5.74, 6) is 0.920. The second kappa shape index (κ2) is 8.25. The first-order valence-electron chi connectivity index (χ1n) is 8.48. The van der Waals surface area contributed by atoms with Crippen molar-refractivity contribution in [2.45, 2.75) is 19.9 Å². The fourth-order valence-corrected chi connectivity index (χ4v) is 2.59. The van der Waals surface area contributed by atoms with E-state index in [0.29, 0.717) is 24.7 Å². The van der Waals surface area contributed by atoms with Crippen LogP contribution in [0, 0.1) is 6.92 Å². The van der Waals surface area contributed by atoms with Crippen LogP contribution in [0.1, 0.15) is 17.0 Å². The number of carbonyl (C=O) groups is 1. The van der Waals surface area contributed by atoms with E-state index in [0.717, 1.165) is 11.1 Å². The number of nitrogens with zero attached hydrogens (tertiary/aromatic N) is 3. The molecule has 0 unspecified atom stereocenters. The van der Waals surface area contributed by atoms with E-state index in [-0.39, 0.29) is 12.5 Å². The second-order valence-electron chi connectivity index (χ2n) is 6.10. The van der Waals surface area contributed by atoms with Crippen LogP contribution >= 0.6 is 0 Å². The van der Waals surface area contributed by atoms with Gasteiger partial charge in [0.15, 0.2) is 0 Å². The number of amides is 1. The number of rotatable bonds is 7. The molecule has 132 valence electrons. The zero-order chi connectivity index (χ0) is 18.4. The zero-order valence-electron chi connectivity index (χ0n) is 14.8. The molecule has 1 heterocycles. The lowest BCUT2D eigenvalue weighted by Crippen LogP contribution is -2.32. The molecular weight excluding hydrogens is 326 g/mol. The highest BCUT2D eigenvalue weighted by molar-refractivity contribution is 5.78. The molecule has 0 aliphatic heterocycles. The van der Waals surface area contributed by atoms with E-state index in [9.17, 15) is 4.79 Å². The maximum Gasteiger partial charge on any atom is 0.246 e. The molecule has 2 aromatic carbocycles. The molecule has 0 saturated heterocycles. The number of benzene rings is 2. The molecular formula is C21H21N3O2. The summed E-state index contributed by atoms with van der Waals surface area (Å²) in [7, 11) is 0. The van der Waals surface area contributed by atoms with E-state index >= 15 is 0 Å². The normalized spacial score (nSPS) is 10.5. The van der Waals surface area contributed by atoms with Crippen LogP contribution < -0.4 is 0 Å². The Morgan fingerprint density at radius 3 is 2.58 bits per heavy atom. The summed E-state index contributed by atoms with van der Waals surface area (Å²) in [6, 6.07) is 17.5. The fraction of sp³-hybridized carbons (Fsp3) is 0.190. The van der Waals surface area contributed by atoms with Crippen LogP contribution in [0.5, 0.6) is 0 Å². The van der Waals surface area contributed by atoms with Crippen LogP contribution in [0.15, 0.2) is 71.8 Å². The molecule has 0 fully saturated rings. The van der Waals surface area contributed by atoms with Crippen molar-refractivity contribution in [2.75, 3.05) is 6.54 Å². The number of hydrogen-bond acceptors (Lipinski definition) is 4. The standard InChI is InChI=1S/C21H21N3O2/c1-3-13-24(20(25)14-17-7-5-4-6-8-17)15-19-22-21(23-26-19)18-11-9-16(2)10-12-18/h3-12H,1,13-15H2,2H3. The number of aromatic nitrogens is 2. The maximum atomic E-state index is 12.6. The molecule has 5 heteroatoms.